The molecule has 1 aromatic carbocycles. The number of likely N-dealkylation sites (N-methyl/N-ethyl adjacent to an activating group) is 1. The number of ether oxygens (including phenoxy) is 2. The minimum absolute atomic E-state index is 0.604. The van der Waals surface area contributed by atoms with E-state index in [-0.39, 0.29) is 0 Å². The van der Waals surface area contributed by atoms with Crippen LogP contribution in [0.3, 0.4) is 0 Å². The number of hydrogen-bond donors (Lipinski definition) is 1. The van der Waals surface area contributed by atoms with Gasteiger partial charge in [-0.05, 0) is 25.6 Å². The fourth-order valence-corrected chi connectivity index (χ4v) is 3.37. The van der Waals surface area contributed by atoms with Crippen LogP contribution >= 0.6 is 0 Å². The molecule has 1 aliphatic rings. The van der Waals surface area contributed by atoms with Gasteiger partial charge in [-0.15, -0.1) is 0 Å². The second-order valence-electron chi connectivity index (χ2n) is 7.31. The summed E-state index contributed by atoms with van der Waals surface area (Å²) in [6.07, 6.45) is 1.80. The Labute approximate surface area is 179 Å². The zero-order valence-corrected chi connectivity index (χ0v) is 18.3. The monoisotopic (exact) mass is 411 g/mol. The van der Waals surface area contributed by atoms with Gasteiger partial charge in [-0.1, -0.05) is 43.7 Å². The van der Waals surface area contributed by atoms with Crippen molar-refractivity contribution in [3.8, 4) is 5.88 Å². The van der Waals surface area contributed by atoms with Gasteiger partial charge < -0.3 is 19.3 Å². The summed E-state index contributed by atoms with van der Waals surface area (Å²) in [7, 11) is 0. The van der Waals surface area contributed by atoms with E-state index in [1.54, 1.807) is 6.21 Å². The summed E-state index contributed by atoms with van der Waals surface area (Å²) in [5.41, 5.74) is 6.38. The van der Waals surface area contributed by atoms with Crippen LogP contribution in [-0.4, -0.2) is 68.6 Å². The molecule has 2 heterocycles. The Morgan fingerprint density at radius 1 is 1.20 bits per heavy atom. The third-order valence-corrected chi connectivity index (χ3v) is 5.15. The Morgan fingerprint density at radius 2 is 2.00 bits per heavy atom. The van der Waals surface area contributed by atoms with Crippen LogP contribution < -0.4 is 15.1 Å². The molecule has 0 spiro atoms. The maximum absolute atomic E-state index is 5.99. The number of aryl methyl sites for hydroxylation is 1. The van der Waals surface area contributed by atoms with Crippen LogP contribution in [0.2, 0.25) is 0 Å². The van der Waals surface area contributed by atoms with Crippen molar-refractivity contribution in [2.45, 2.75) is 20.8 Å². The molecule has 7 nitrogen and oxygen atoms in total. The summed E-state index contributed by atoms with van der Waals surface area (Å²) < 4.78 is 11.5. The quantitative estimate of drug-likeness (QED) is 0.478. The minimum Gasteiger partial charge on any atom is -0.476 e. The number of aromatic nitrogens is 1. The second-order valence-corrected chi connectivity index (χ2v) is 7.31. The van der Waals surface area contributed by atoms with Crippen LogP contribution in [-0.2, 0) is 4.74 Å². The lowest BCUT2D eigenvalue weighted by atomic mass is 10.2. The highest BCUT2D eigenvalue weighted by molar-refractivity contribution is 5.80. The lowest BCUT2D eigenvalue weighted by Gasteiger charge is -2.29. The van der Waals surface area contributed by atoms with Gasteiger partial charge in [-0.2, -0.15) is 10.1 Å². The predicted molar refractivity (Wildman–Crippen MR) is 123 cm³/mol. The maximum Gasteiger partial charge on any atom is 0.217 e. The van der Waals surface area contributed by atoms with E-state index in [4.69, 9.17) is 9.47 Å². The summed E-state index contributed by atoms with van der Waals surface area (Å²) in [5, 5.41) is 4.37. The highest BCUT2D eigenvalue weighted by Crippen LogP contribution is 2.25. The summed E-state index contributed by atoms with van der Waals surface area (Å²) in [6.45, 7) is 13.1. The molecule has 0 unspecified atom stereocenters. The van der Waals surface area contributed by atoms with Gasteiger partial charge in [0, 0.05) is 37.5 Å². The van der Waals surface area contributed by atoms with Crippen LogP contribution in [0.4, 0.5) is 11.5 Å². The molecule has 1 N–H and O–H groups in total. The third-order valence-electron chi connectivity index (χ3n) is 5.15. The second kappa shape index (κ2) is 11.5. The number of pyridine rings is 1. The summed E-state index contributed by atoms with van der Waals surface area (Å²) >= 11 is 0. The molecule has 3 rings (SSSR count). The number of rotatable bonds is 10. The fourth-order valence-electron chi connectivity index (χ4n) is 3.37. The van der Waals surface area contributed by atoms with Crippen molar-refractivity contribution in [1.29, 1.82) is 0 Å². The molecule has 0 saturated carbocycles. The summed E-state index contributed by atoms with van der Waals surface area (Å²) in [5.74, 6) is 1.28. The highest BCUT2D eigenvalue weighted by atomic mass is 16.5. The van der Waals surface area contributed by atoms with Crippen molar-refractivity contribution in [3.63, 3.8) is 0 Å². The van der Waals surface area contributed by atoms with E-state index in [0.29, 0.717) is 18.3 Å². The molecule has 30 heavy (non-hydrogen) atoms. The maximum atomic E-state index is 5.99. The fraction of sp³-hybridized carbons (Fsp3) is 0.478. The third kappa shape index (κ3) is 6.71. The molecule has 0 aliphatic carbocycles. The van der Waals surface area contributed by atoms with Crippen molar-refractivity contribution in [2.75, 3.05) is 62.9 Å². The van der Waals surface area contributed by atoms with Crippen molar-refractivity contribution in [2.24, 2.45) is 5.10 Å². The highest BCUT2D eigenvalue weighted by Gasteiger charge is 2.14. The van der Waals surface area contributed by atoms with Crippen LogP contribution in [0.15, 0.2) is 41.5 Å². The van der Waals surface area contributed by atoms with Gasteiger partial charge in [0.05, 0.1) is 19.4 Å². The first-order chi connectivity index (χ1) is 14.7. The van der Waals surface area contributed by atoms with E-state index in [0.717, 1.165) is 57.2 Å². The lowest BCUT2D eigenvalue weighted by Crippen LogP contribution is -2.36. The topological polar surface area (TPSA) is 62.2 Å². The summed E-state index contributed by atoms with van der Waals surface area (Å²) in [6, 6.07) is 12.2. The average Bonchev–Trinajstić information content (AvgIpc) is 2.77. The number of nitrogens with zero attached hydrogens (tertiary/aromatic N) is 4. The first-order valence-electron chi connectivity index (χ1n) is 10.7. The molecule has 1 saturated heterocycles. The zero-order valence-electron chi connectivity index (χ0n) is 18.3. The van der Waals surface area contributed by atoms with Gasteiger partial charge in [-0.3, -0.25) is 5.43 Å². The molecule has 0 radical (unpaired) electrons. The van der Waals surface area contributed by atoms with Crippen LogP contribution in [0.5, 0.6) is 5.88 Å². The van der Waals surface area contributed by atoms with Crippen molar-refractivity contribution < 1.29 is 9.47 Å². The van der Waals surface area contributed by atoms with Gasteiger partial charge >= 0.3 is 0 Å². The van der Waals surface area contributed by atoms with Gasteiger partial charge in [0.25, 0.3) is 0 Å². The summed E-state index contributed by atoms with van der Waals surface area (Å²) in [4.78, 5) is 9.22. The van der Waals surface area contributed by atoms with Crippen LogP contribution in [0.25, 0.3) is 0 Å². The number of nitrogens with one attached hydrogen (secondary N) is 1. The van der Waals surface area contributed by atoms with Crippen LogP contribution in [0.1, 0.15) is 25.0 Å². The van der Waals surface area contributed by atoms with Crippen molar-refractivity contribution >= 4 is 17.7 Å². The molecule has 0 amide bonds. The van der Waals surface area contributed by atoms with E-state index in [2.05, 4.69) is 58.2 Å². The predicted octanol–water partition coefficient (Wildman–Crippen LogP) is 3.39. The molecule has 162 valence electrons. The van der Waals surface area contributed by atoms with E-state index < -0.39 is 0 Å². The SMILES string of the molecule is CCN(CC)CCOc1cc(N2CCOCC2)cc(NN=Cc2cccc(C)c2)n1. The number of morpholine rings is 1. The molecule has 0 atom stereocenters. The van der Waals surface area contributed by atoms with Crippen LogP contribution in [0, 0.1) is 6.92 Å². The molecule has 1 fully saturated rings. The number of benzene rings is 1. The Bertz CT molecular complexity index is 817. The van der Waals surface area contributed by atoms with Gasteiger partial charge in [0.15, 0.2) is 5.82 Å². The normalized spacial score (nSPS) is 14.5. The Morgan fingerprint density at radius 3 is 2.73 bits per heavy atom. The standard InChI is InChI=1S/C23H33N5O2/c1-4-27(5-2)9-14-30-23-17-21(28-10-12-29-13-11-28)16-22(25-23)26-24-18-20-8-6-7-19(3)15-20/h6-8,15-18H,4-5,9-14H2,1-3H3,(H,25,26). The first-order valence-corrected chi connectivity index (χ1v) is 10.7. The molecular weight excluding hydrogens is 378 g/mol. The van der Waals surface area contributed by atoms with Crippen molar-refractivity contribution in [1.82, 2.24) is 9.88 Å². The van der Waals surface area contributed by atoms with Gasteiger partial charge in [0.1, 0.15) is 6.61 Å². The molecule has 1 aliphatic heterocycles. The Hall–Kier alpha value is -2.64. The Kier molecular flexibility index (Phi) is 8.47. The molecule has 1 aromatic heterocycles. The van der Waals surface area contributed by atoms with E-state index in [9.17, 15) is 0 Å². The Balaban J connectivity index is 1.71. The molecule has 7 heteroatoms. The van der Waals surface area contributed by atoms with Crippen molar-refractivity contribution in [3.05, 3.63) is 47.5 Å². The zero-order chi connectivity index (χ0) is 21.2. The minimum atomic E-state index is 0.604. The van der Waals surface area contributed by atoms with Gasteiger partial charge in [-0.25, -0.2) is 0 Å². The first kappa shape index (κ1) is 22.1. The van der Waals surface area contributed by atoms with E-state index >= 15 is 0 Å². The number of hydrazone groups is 1. The largest absolute Gasteiger partial charge is 0.476 e. The number of anilines is 2. The smallest absolute Gasteiger partial charge is 0.217 e. The van der Waals surface area contributed by atoms with E-state index in [1.807, 2.05) is 24.3 Å². The number of hydrogen-bond acceptors (Lipinski definition) is 7. The average molecular weight is 412 g/mol. The molecule has 0 bridgehead atoms. The lowest BCUT2D eigenvalue weighted by molar-refractivity contribution is 0.122. The van der Waals surface area contributed by atoms with E-state index in [1.165, 1.54) is 5.56 Å². The molecule has 2 aromatic rings. The molecular formula is C23H33N5O2. The van der Waals surface area contributed by atoms with Gasteiger partial charge in [0.2, 0.25) is 5.88 Å².